The number of rotatable bonds is 0. The summed E-state index contributed by atoms with van der Waals surface area (Å²) in [4.78, 5) is 0. The Kier molecular flexibility index (Phi) is 7.14. The van der Waals surface area contributed by atoms with Gasteiger partial charge in [0.05, 0.1) is 0 Å². The van der Waals surface area contributed by atoms with Crippen LogP contribution in [0.15, 0.2) is 243 Å². The smallest absolute Gasteiger partial charge is 0.00139 e. The zero-order chi connectivity index (χ0) is 51.4. The lowest BCUT2D eigenvalue weighted by Gasteiger charge is -2.18. The molecule has 21 rings (SSSR count). The van der Waals surface area contributed by atoms with Gasteiger partial charge in [0.2, 0.25) is 0 Å². The van der Waals surface area contributed by atoms with Gasteiger partial charge in [-0.25, -0.2) is 0 Å². The maximum Gasteiger partial charge on any atom is -0.00139 e. The summed E-state index contributed by atoms with van der Waals surface area (Å²) in [6, 6.07) is 94.5. The van der Waals surface area contributed by atoms with Gasteiger partial charge in [-0.05, 0) is 221 Å². The summed E-state index contributed by atoms with van der Waals surface area (Å²) in [6.45, 7) is 0. The molecule has 0 spiro atoms. The van der Waals surface area contributed by atoms with Crippen LogP contribution in [0.3, 0.4) is 0 Å². The fraction of sp³-hybridized carbons (Fsp3) is 0. The van der Waals surface area contributed by atoms with Crippen molar-refractivity contribution in [3.05, 3.63) is 243 Å². The zero-order valence-electron chi connectivity index (χ0n) is 43.1. The summed E-state index contributed by atoms with van der Waals surface area (Å²) < 4.78 is 0. The molecule has 0 amide bonds. The van der Waals surface area contributed by atoms with Crippen molar-refractivity contribution < 1.29 is 0 Å². The minimum absolute atomic E-state index is 1.27. The van der Waals surface area contributed by atoms with Crippen molar-refractivity contribution in [1.29, 1.82) is 0 Å². The van der Waals surface area contributed by atoms with Crippen LogP contribution in [0.5, 0.6) is 0 Å². The molecule has 0 heteroatoms. The van der Waals surface area contributed by atoms with Gasteiger partial charge < -0.3 is 0 Å². The van der Waals surface area contributed by atoms with E-state index in [1.54, 1.807) is 0 Å². The van der Waals surface area contributed by atoms with Gasteiger partial charge in [0.25, 0.3) is 0 Å². The number of fused-ring (bicyclic) bond motifs is 10. The van der Waals surface area contributed by atoms with Gasteiger partial charge in [-0.15, -0.1) is 0 Å². The Bertz CT molecular complexity index is 4460. The van der Waals surface area contributed by atoms with E-state index in [9.17, 15) is 0 Å². The molecule has 80 heavy (non-hydrogen) atoms. The Morgan fingerprint density at radius 2 is 0.212 bits per heavy atom. The van der Waals surface area contributed by atoms with Crippen LogP contribution in [0.1, 0.15) is 0 Å². The molecule has 360 valence electrons. The van der Waals surface area contributed by atoms with Gasteiger partial charge in [-0.1, -0.05) is 243 Å². The summed E-state index contributed by atoms with van der Waals surface area (Å²) >= 11 is 0. The van der Waals surface area contributed by atoms with Crippen molar-refractivity contribution in [3.63, 3.8) is 0 Å². The molecule has 15 aromatic carbocycles. The second-order valence-electron chi connectivity index (χ2n) is 23.1. The SMILES string of the molecule is c1ccc2c(c1)-c1c3ccc4ccc(c-2c14)-c1ccc2ccc(c4c2c1-c1ccccc1-4)-c1ccc2ccc(c4c2c1-c1ccccc1-4)-c1ccc2ccc(c4c2c1-c1ccccc1-4)-c1ccc2ccc-3c3c2c1-c1ccccc1-3. The van der Waals surface area contributed by atoms with E-state index in [4.69, 9.17) is 0 Å². The van der Waals surface area contributed by atoms with E-state index in [0.29, 0.717) is 0 Å². The van der Waals surface area contributed by atoms with Gasteiger partial charge in [0.15, 0.2) is 0 Å². The number of hydrogen-bond acceptors (Lipinski definition) is 0. The first-order valence-electron chi connectivity index (χ1n) is 28.2. The maximum absolute atomic E-state index is 2.43. The summed E-state index contributed by atoms with van der Waals surface area (Å²) in [5.74, 6) is 0. The van der Waals surface area contributed by atoms with Crippen LogP contribution in [0.4, 0.5) is 0 Å². The fourth-order valence-corrected chi connectivity index (χ4v) is 16.7. The molecule has 0 nitrogen and oxygen atoms in total. The average Bonchev–Trinajstić information content (AvgIpc) is 3.83. The molecule has 6 aliphatic rings. The lowest BCUT2D eigenvalue weighted by molar-refractivity contribution is 1.65. The standard InChI is InChI=1S/C80H40/c1-2-12-47-46(11-1)71-56-31-21-41-22-33-58(72(47)66(41)71)59-34-24-43-26-36-62(76-51-16-6-5-15-50(51)74(59)68(43)76)63-38-28-45-30-40-65(80-55-20-10-9-19-54(55)78(63)70(45)80)64-39-29-44-27-37-61(77-52-17-7-8-18-53(52)79(64)69(44)77)60-35-25-42-23-32-57(56)73-48-13-3-4-14-49(48)75(60)67(42)73/h1-40H. The van der Waals surface area contributed by atoms with Gasteiger partial charge in [-0.3, -0.25) is 0 Å². The van der Waals surface area contributed by atoms with Crippen molar-refractivity contribution in [2.24, 2.45) is 0 Å². The molecule has 15 aromatic rings. The molecule has 0 aromatic heterocycles. The van der Waals surface area contributed by atoms with Crippen molar-refractivity contribution in [2.75, 3.05) is 0 Å². The molecule has 0 atom stereocenters. The minimum atomic E-state index is 1.27. The predicted molar refractivity (Wildman–Crippen MR) is 337 cm³/mol. The lowest BCUT2D eigenvalue weighted by Crippen LogP contribution is -1.91. The van der Waals surface area contributed by atoms with Crippen LogP contribution >= 0.6 is 0 Å². The van der Waals surface area contributed by atoms with Crippen molar-refractivity contribution >= 4 is 53.9 Å². The third kappa shape index (κ3) is 4.63. The molecular formula is C80H40. The average molecular weight is 1000 g/mol. The highest BCUT2D eigenvalue weighted by atomic mass is 14.4. The van der Waals surface area contributed by atoms with Crippen LogP contribution in [0.2, 0.25) is 0 Å². The van der Waals surface area contributed by atoms with Crippen LogP contribution in [0.25, 0.3) is 221 Å². The first-order valence-corrected chi connectivity index (χ1v) is 28.2. The first kappa shape index (κ1) is 40.8. The highest BCUT2D eigenvalue weighted by molar-refractivity contribution is 6.32. The Hall–Kier alpha value is -10.4. The van der Waals surface area contributed by atoms with Crippen molar-refractivity contribution in [1.82, 2.24) is 0 Å². The molecule has 0 unspecified atom stereocenters. The lowest BCUT2D eigenvalue weighted by atomic mass is 9.85. The molecule has 0 fully saturated rings. The Labute approximate surface area is 460 Å². The molecule has 0 aliphatic heterocycles. The van der Waals surface area contributed by atoms with E-state index >= 15 is 0 Å². The van der Waals surface area contributed by atoms with Crippen molar-refractivity contribution in [2.45, 2.75) is 0 Å². The van der Waals surface area contributed by atoms with Crippen LogP contribution < -0.4 is 0 Å². The van der Waals surface area contributed by atoms with Gasteiger partial charge >= 0.3 is 0 Å². The second kappa shape index (κ2) is 14.0. The Balaban J connectivity index is 0.980. The first-order chi connectivity index (χ1) is 39.7. The third-order valence-corrected chi connectivity index (χ3v) is 19.7. The van der Waals surface area contributed by atoms with Crippen molar-refractivity contribution in [3.8, 4) is 167 Å². The van der Waals surface area contributed by atoms with Gasteiger partial charge in [-0.2, -0.15) is 0 Å². The van der Waals surface area contributed by atoms with E-state index in [2.05, 4.69) is 243 Å². The van der Waals surface area contributed by atoms with Crippen LogP contribution in [0, 0.1) is 0 Å². The zero-order valence-corrected chi connectivity index (χ0v) is 43.1. The molecule has 25 bridgehead atoms. The fourth-order valence-electron chi connectivity index (χ4n) is 16.7. The molecule has 0 heterocycles. The summed E-state index contributed by atoms with van der Waals surface area (Å²) in [5.41, 5.74) is 39.2. The Morgan fingerprint density at radius 1 is 0.100 bits per heavy atom. The van der Waals surface area contributed by atoms with E-state index in [1.165, 1.54) is 221 Å². The van der Waals surface area contributed by atoms with Gasteiger partial charge in [0, 0.05) is 0 Å². The molecule has 0 saturated heterocycles. The maximum atomic E-state index is 2.43. The molecule has 6 aliphatic carbocycles. The minimum Gasteiger partial charge on any atom is -0.0616 e. The van der Waals surface area contributed by atoms with Crippen LogP contribution in [-0.2, 0) is 0 Å². The number of benzene rings is 15. The highest BCUT2D eigenvalue weighted by Crippen LogP contribution is 2.65. The van der Waals surface area contributed by atoms with E-state index in [1.807, 2.05) is 0 Å². The summed E-state index contributed by atoms with van der Waals surface area (Å²) in [7, 11) is 0. The molecular weight excluding hydrogens is 961 g/mol. The normalized spacial score (nSPS) is 13.0. The monoisotopic (exact) mass is 1000 g/mol. The molecule has 0 saturated carbocycles. The summed E-state index contributed by atoms with van der Waals surface area (Å²) in [6.07, 6.45) is 0. The highest BCUT2D eigenvalue weighted by Gasteiger charge is 2.37. The van der Waals surface area contributed by atoms with E-state index in [-0.39, 0.29) is 0 Å². The second-order valence-corrected chi connectivity index (χ2v) is 23.1. The quantitative estimate of drug-likeness (QED) is 0.142. The Morgan fingerprint density at radius 3 is 0.325 bits per heavy atom. The van der Waals surface area contributed by atoms with Gasteiger partial charge in [0.1, 0.15) is 0 Å². The number of hydrogen-bond donors (Lipinski definition) is 0. The predicted octanol–water partition coefficient (Wildman–Crippen LogP) is 22.3. The molecule has 0 N–H and O–H groups in total. The van der Waals surface area contributed by atoms with E-state index in [0.717, 1.165) is 0 Å². The largest absolute Gasteiger partial charge is 0.0616 e. The van der Waals surface area contributed by atoms with E-state index < -0.39 is 0 Å². The van der Waals surface area contributed by atoms with Crippen LogP contribution in [-0.4, -0.2) is 0 Å². The summed E-state index contributed by atoms with van der Waals surface area (Å²) in [5, 5.41) is 13.1. The molecule has 0 radical (unpaired) electrons. The third-order valence-electron chi connectivity index (χ3n) is 19.7. The topological polar surface area (TPSA) is 0 Å².